The van der Waals surface area contributed by atoms with Crippen molar-refractivity contribution >= 4 is 12.0 Å². The zero-order valence-corrected chi connectivity index (χ0v) is 7.95. The van der Waals surface area contributed by atoms with Crippen molar-refractivity contribution < 1.29 is 19.4 Å². The molecule has 0 saturated carbocycles. The average molecular weight is 202 g/mol. The predicted octanol–water partition coefficient (Wildman–Crippen LogP) is -0.595. The van der Waals surface area contributed by atoms with Gasteiger partial charge in [-0.15, -0.1) is 0 Å². The molecule has 0 bridgehead atoms. The van der Waals surface area contributed by atoms with Crippen molar-refractivity contribution in [2.75, 3.05) is 19.8 Å². The van der Waals surface area contributed by atoms with Crippen LogP contribution in [0.3, 0.4) is 0 Å². The molecule has 6 nitrogen and oxygen atoms in total. The van der Waals surface area contributed by atoms with E-state index in [9.17, 15) is 9.59 Å². The highest BCUT2D eigenvalue weighted by Crippen LogP contribution is 2.13. The molecule has 0 aliphatic carbocycles. The van der Waals surface area contributed by atoms with E-state index in [-0.39, 0.29) is 19.2 Å². The lowest BCUT2D eigenvalue weighted by Crippen LogP contribution is -2.47. The number of carboxylic acids is 1. The van der Waals surface area contributed by atoms with E-state index in [2.05, 4.69) is 10.6 Å². The van der Waals surface area contributed by atoms with Gasteiger partial charge >= 0.3 is 12.0 Å². The summed E-state index contributed by atoms with van der Waals surface area (Å²) in [6.45, 7) is 2.72. The molecule has 1 aliphatic heterocycles. The van der Waals surface area contributed by atoms with Crippen LogP contribution in [0.1, 0.15) is 6.92 Å². The molecular weight excluding hydrogens is 188 g/mol. The molecule has 0 aromatic heterocycles. The summed E-state index contributed by atoms with van der Waals surface area (Å²) in [6.07, 6.45) is 0. The van der Waals surface area contributed by atoms with E-state index in [0.717, 1.165) is 0 Å². The van der Waals surface area contributed by atoms with Gasteiger partial charge in [0.05, 0.1) is 19.3 Å². The first-order chi connectivity index (χ1) is 6.65. The molecule has 0 aromatic carbocycles. The first kappa shape index (κ1) is 10.8. The Hall–Kier alpha value is -1.30. The predicted molar refractivity (Wildman–Crippen MR) is 47.9 cm³/mol. The molecule has 0 radical (unpaired) electrons. The molecule has 0 spiro atoms. The van der Waals surface area contributed by atoms with Crippen LogP contribution in [-0.2, 0) is 9.53 Å². The van der Waals surface area contributed by atoms with Gasteiger partial charge in [0.1, 0.15) is 5.92 Å². The number of hydrogen-bond acceptors (Lipinski definition) is 3. The number of carbonyl (C=O) groups is 2. The molecule has 0 aromatic rings. The molecule has 14 heavy (non-hydrogen) atoms. The second kappa shape index (κ2) is 4.80. The molecule has 1 heterocycles. The van der Waals surface area contributed by atoms with Gasteiger partial charge in [-0.1, -0.05) is 0 Å². The largest absolute Gasteiger partial charge is 0.481 e. The second-order valence-corrected chi connectivity index (χ2v) is 3.09. The minimum atomic E-state index is -0.940. The third kappa shape index (κ3) is 2.59. The summed E-state index contributed by atoms with van der Waals surface area (Å²) in [5.41, 5.74) is 0. The normalized spacial score (nSPS) is 25.8. The van der Waals surface area contributed by atoms with Gasteiger partial charge in [-0.25, -0.2) is 4.79 Å². The number of nitrogens with one attached hydrogen (secondary N) is 2. The van der Waals surface area contributed by atoms with Crippen LogP contribution in [0.4, 0.5) is 4.79 Å². The molecule has 1 fully saturated rings. The van der Waals surface area contributed by atoms with Crippen LogP contribution < -0.4 is 10.6 Å². The lowest BCUT2D eigenvalue weighted by molar-refractivity contribution is -0.142. The fourth-order valence-electron chi connectivity index (χ4n) is 1.32. The monoisotopic (exact) mass is 202 g/mol. The molecule has 2 amide bonds. The van der Waals surface area contributed by atoms with Crippen LogP contribution in [0.5, 0.6) is 0 Å². The molecule has 1 rings (SSSR count). The average Bonchev–Trinajstić information content (AvgIpc) is 2.52. The van der Waals surface area contributed by atoms with Gasteiger partial charge in [-0.3, -0.25) is 4.79 Å². The Kier molecular flexibility index (Phi) is 3.70. The van der Waals surface area contributed by atoms with E-state index in [4.69, 9.17) is 9.84 Å². The number of carboxylic acid groups (broad SMARTS) is 1. The molecule has 80 valence electrons. The Morgan fingerprint density at radius 3 is 2.79 bits per heavy atom. The first-order valence-corrected chi connectivity index (χ1v) is 4.50. The number of rotatable bonds is 3. The lowest BCUT2D eigenvalue weighted by Gasteiger charge is -2.15. The number of hydrogen-bond donors (Lipinski definition) is 3. The Bertz CT molecular complexity index is 231. The standard InChI is InChI=1S/C8H14N2O4/c1-2-9-8(13)10-6-4-14-3-5(6)7(11)12/h5-6H,2-4H2,1H3,(H,11,12)(H2,9,10,13). The zero-order chi connectivity index (χ0) is 10.6. The molecular formula is C8H14N2O4. The molecule has 2 unspecified atom stereocenters. The SMILES string of the molecule is CCNC(=O)NC1COCC1C(=O)O. The van der Waals surface area contributed by atoms with Crippen LogP contribution in [0.2, 0.25) is 0 Å². The zero-order valence-electron chi connectivity index (χ0n) is 7.95. The summed E-state index contributed by atoms with van der Waals surface area (Å²) in [6, 6.07) is -0.784. The summed E-state index contributed by atoms with van der Waals surface area (Å²) in [7, 11) is 0. The third-order valence-electron chi connectivity index (χ3n) is 2.05. The Balaban J connectivity index is 2.43. The first-order valence-electron chi connectivity index (χ1n) is 4.50. The minimum Gasteiger partial charge on any atom is -0.481 e. The second-order valence-electron chi connectivity index (χ2n) is 3.09. The number of ether oxygens (including phenoxy) is 1. The van der Waals surface area contributed by atoms with Crippen molar-refractivity contribution in [3.8, 4) is 0 Å². The smallest absolute Gasteiger partial charge is 0.315 e. The summed E-state index contributed by atoms with van der Waals surface area (Å²) in [4.78, 5) is 21.8. The van der Waals surface area contributed by atoms with Gasteiger partial charge in [-0.2, -0.15) is 0 Å². The lowest BCUT2D eigenvalue weighted by atomic mass is 10.0. The maximum absolute atomic E-state index is 11.1. The molecule has 3 N–H and O–H groups in total. The van der Waals surface area contributed by atoms with Gasteiger partial charge in [0, 0.05) is 6.54 Å². The quantitative estimate of drug-likeness (QED) is 0.570. The van der Waals surface area contributed by atoms with E-state index in [1.165, 1.54) is 0 Å². The van der Waals surface area contributed by atoms with Crippen LogP contribution in [0, 0.1) is 5.92 Å². The van der Waals surface area contributed by atoms with E-state index < -0.39 is 17.9 Å². The van der Waals surface area contributed by atoms with E-state index in [1.54, 1.807) is 6.92 Å². The molecule has 6 heteroatoms. The Labute approximate surface area is 81.6 Å². The van der Waals surface area contributed by atoms with Gasteiger partial charge in [-0.05, 0) is 6.92 Å². The number of amides is 2. The summed E-state index contributed by atoms with van der Waals surface area (Å²) in [5.74, 6) is -1.58. The van der Waals surface area contributed by atoms with Gasteiger partial charge < -0.3 is 20.5 Å². The van der Waals surface area contributed by atoms with Crippen molar-refractivity contribution in [3.05, 3.63) is 0 Å². The van der Waals surface area contributed by atoms with Crippen molar-refractivity contribution in [1.82, 2.24) is 10.6 Å². The maximum atomic E-state index is 11.1. The van der Waals surface area contributed by atoms with Crippen LogP contribution >= 0.6 is 0 Å². The fraction of sp³-hybridized carbons (Fsp3) is 0.750. The van der Waals surface area contributed by atoms with Gasteiger partial charge in [0.25, 0.3) is 0 Å². The fourth-order valence-corrected chi connectivity index (χ4v) is 1.32. The highest BCUT2D eigenvalue weighted by atomic mass is 16.5. The molecule has 1 aliphatic rings. The maximum Gasteiger partial charge on any atom is 0.315 e. The van der Waals surface area contributed by atoms with Crippen molar-refractivity contribution in [2.45, 2.75) is 13.0 Å². The summed E-state index contributed by atoms with van der Waals surface area (Å²) < 4.78 is 4.99. The topological polar surface area (TPSA) is 87.7 Å². The van der Waals surface area contributed by atoms with Crippen LogP contribution in [0.15, 0.2) is 0 Å². The highest BCUT2D eigenvalue weighted by molar-refractivity contribution is 5.77. The molecule has 1 saturated heterocycles. The van der Waals surface area contributed by atoms with E-state index >= 15 is 0 Å². The van der Waals surface area contributed by atoms with Crippen LogP contribution in [0.25, 0.3) is 0 Å². The van der Waals surface area contributed by atoms with Crippen molar-refractivity contribution in [1.29, 1.82) is 0 Å². The van der Waals surface area contributed by atoms with E-state index in [1.807, 2.05) is 0 Å². The van der Waals surface area contributed by atoms with Gasteiger partial charge in [0.2, 0.25) is 0 Å². The minimum absolute atomic E-state index is 0.159. The summed E-state index contributed by atoms with van der Waals surface area (Å²) >= 11 is 0. The Morgan fingerprint density at radius 1 is 1.50 bits per heavy atom. The number of aliphatic carboxylic acids is 1. The molecule has 2 atom stereocenters. The highest BCUT2D eigenvalue weighted by Gasteiger charge is 2.34. The summed E-state index contributed by atoms with van der Waals surface area (Å²) in [5, 5.41) is 13.9. The third-order valence-corrected chi connectivity index (χ3v) is 2.05. The van der Waals surface area contributed by atoms with Crippen molar-refractivity contribution in [3.63, 3.8) is 0 Å². The van der Waals surface area contributed by atoms with E-state index in [0.29, 0.717) is 6.54 Å². The number of urea groups is 1. The Morgan fingerprint density at radius 2 is 2.21 bits per heavy atom. The number of carbonyl (C=O) groups excluding carboxylic acids is 1. The van der Waals surface area contributed by atoms with Gasteiger partial charge in [0.15, 0.2) is 0 Å². The van der Waals surface area contributed by atoms with Crippen LogP contribution in [-0.4, -0.2) is 42.9 Å². The van der Waals surface area contributed by atoms with Crippen molar-refractivity contribution in [2.24, 2.45) is 5.92 Å².